The van der Waals surface area contributed by atoms with E-state index >= 15 is 0 Å². The largest absolute Gasteiger partial charge is 0.144 e. The highest BCUT2D eigenvalue weighted by atomic mass is 79.9. The van der Waals surface area contributed by atoms with Crippen LogP contribution in [-0.2, 0) is 6.42 Å². The van der Waals surface area contributed by atoms with Crippen LogP contribution in [0.2, 0.25) is 0 Å². The summed E-state index contributed by atoms with van der Waals surface area (Å²) in [5.41, 5.74) is 1.57. The molecule has 1 heterocycles. The molecular weight excluding hydrogens is 292 g/mol. The van der Waals surface area contributed by atoms with Gasteiger partial charge in [0.1, 0.15) is 0 Å². The summed E-state index contributed by atoms with van der Waals surface area (Å²) in [6.07, 6.45) is 6.78. The molecule has 17 heavy (non-hydrogen) atoms. The maximum absolute atomic E-state index is 3.79. The van der Waals surface area contributed by atoms with E-state index in [1.54, 1.807) is 5.56 Å². The Balaban J connectivity index is 1.80. The summed E-state index contributed by atoms with van der Waals surface area (Å²) in [7, 11) is 0. The maximum Gasteiger partial charge on any atom is 0.0345 e. The van der Waals surface area contributed by atoms with E-state index in [-0.39, 0.29) is 0 Å². The lowest BCUT2D eigenvalue weighted by molar-refractivity contribution is 0.369. The lowest BCUT2D eigenvalue weighted by Crippen LogP contribution is -2.16. The normalized spacial score (nSPS) is 25.2. The number of rotatable bonds is 2. The molecule has 1 fully saturated rings. The molecule has 1 aliphatic rings. The van der Waals surface area contributed by atoms with Gasteiger partial charge in [-0.15, -0.1) is 11.3 Å². The van der Waals surface area contributed by atoms with Gasteiger partial charge in [-0.3, -0.25) is 0 Å². The second-order valence-electron chi connectivity index (χ2n) is 5.09. The summed E-state index contributed by atoms with van der Waals surface area (Å²) in [4.78, 5) is 0.756. The maximum atomic E-state index is 3.79. The fraction of sp³-hybridized carbons (Fsp3) is 0.467. The Morgan fingerprint density at radius 1 is 1.24 bits per heavy atom. The first-order valence-electron chi connectivity index (χ1n) is 6.42. The summed E-state index contributed by atoms with van der Waals surface area (Å²) >= 11 is 5.68. The van der Waals surface area contributed by atoms with Crippen LogP contribution in [0.3, 0.4) is 0 Å². The van der Waals surface area contributed by atoms with Crippen LogP contribution in [0.4, 0.5) is 0 Å². The number of hydrogen-bond donors (Lipinski definition) is 0. The Labute approximate surface area is 115 Å². The average Bonchev–Trinajstić information content (AvgIpc) is 2.73. The van der Waals surface area contributed by atoms with Gasteiger partial charge in [0.2, 0.25) is 0 Å². The van der Waals surface area contributed by atoms with Crippen LogP contribution >= 0.6 is 27.3 Å². The second-order valence-corrected chi connectivity index (χ2v) is 7.30. The zero-order valence-corrected chi connectivity index (χ0v) is 12.3. The molecule has 1 aromatic carbocycles. The third-order valence-corrected chi connectivity index (χ3v) is 5.63. The van der Waals surface area contributed by atoms with Gasteiger partial charge in [-0.1, -0.05) is 47.0 Å². The molecule has 3 rings (SSSR count). The highest BCUT2D eigenvalue weighted by molar-refractivity contribution is 9.09. The first-order chi connectivity index (χ1) is 8.33. The number of benzene rings is 1. The molecule has 1 saturated carbocycles. The molecule has 0 N–H and O–H groups in total. The molecular formula is C15H17BrS. The molecule has 2 aromatic rings. The Morgan fingerprint density at radius 2 is 2.12 bits per heavy atom. The molecule has 0 spiro atoms. The lowest BCUT2D eigenvalue weighted by Gasteiger charge is -2.25. The molecule has 0 aliphatic heterocycles. The van der Waals surface area contributed by atoms with Gasteiger partial charge in [0.25, 0.3) is 0 Å². The summed E-state index contributed by atoms with van der Waals surface area (Å²) in [6.45, 7) is 0. The van der Waals surface area contributed by atoms with Crippen LogP contribution in [0, 0.1) is 5.92 Å². The van der Waals surface area contributed by atoms with Crippen LogP contribution in [0.5, 0.6) is 0 Å². The van der Waals surface area contributed by atoms with Gasteiger partial charge in [0.05, 0.1) is 0 Å². The van der Waals surface area contributed by atoms with Crippen LogP contribution in [-0.4, -0.2) is 4.83 Å². The molecule has 0 nitrogen and oxygen atoms in total. The number of fused-ring (bicyclic) bond motifs is 1. The van der Waals surface area contributed by atoms with Crippen molar-refractivity contribution in [2.24, 2.45) is 5.92 Å². The number of thiophene rings is 1. The minimum Gasteiger partial charge on any atom is -0.144 e. The molecule has 1 aromatic heterocycles. The van der Waals surface area contributed by atoms with Crippen molar-refractivity contribution in [3.63, 3.8) is 0 Å². The van der Waals surface area contributed by atoms with Crippen molar-refractivity contribution in [3.05, 3.63) is 35.2 Å². The number of hydrogen-bond acceptors (Lipinski definition) is 1. The fourth-order valence-electron chi connectivity index (χ4n) is 2.91. The van der Waals surface area contributed by atoms with Gasteiger partial charge in [-0.05, 0) is 47.6 Å². The van der Waals surface area contributed by atoms with Crippen molar-refractivity contribution >= 4 is 37.4 Å². The Hall–Kier alpha value is -0.340. The van der Waals surface area contributed by atoms with Crippen LogP contribution in [0.15, 0.2) is 29.6 Å². The first-order valence-corrected chi connectivity index (χ1v) is 8.21. The van der Waals surface area contributed by atoms with E-state index in [2.05, 4.69) is 45.6 Å². The minimum absolute atomic E-state index is 0.756. The number of halogens is 1. The molecule has 1 aliphatic carbocycles. The molecule has 0 bridgehead atoms. The van der Waals surface area contributed by atoms with E-state index in [9.17, 15) is 0 Å². The Kier molecular flexibility index (Phi) is 3.53. The standard InChI is InChI=1S/C15H17BrS/c16-13-5-3-4-11(9-13)8-12-10-17-15-7-2-1-6-14(12)15/h1-2,6-7,10-11,13H,3-5,8-9H2. The highest BCUT2D eigenvalue weighted by Gasteiger charge is 2.21. The summed E-state index contributed by atoms with van der Waals surface area (Å²) in [6, 6.07) is 8.80. The van der Waals surface area contributed by atoms with Crippen molar-refractivity contribution in [1.82, 2.24) is 0 Å². The third kappa shape index (κ3) is 2.58. The quantitative estimate of drug-likeness (QED) is 0.652. The molecule has 0 saturated heterocycles. The third-order valence-electron chi connectivity index (χ3n) is 3.79. The topological polar surface area (TPSA) is 0 Å². The van der Waals surface area contributed by atoms with Crippen molar-refractivity contribution in [1.29, 1.82) is 0 Å². The highest BCUT2D eigenvalue weighted by Crippen LogP contribution is 2.34. The Morgan fingerprint density at radius 3 is 3.00 bits per heavy atom. The van der Waals surface area contributed by atoms with E-state index in [4.69, 9.17) is 0 Å². The van der Waals surface area contributed by atoms with E-state index in [1.165, 1.54) is 42.2 Å². The zero-order chi connectivity index (χ0) is 11.7. The van der Waals surface area contributed by atoms with Crippen molar-refractivity contribution in [3.8, 4) is 0 Å². The zero-order valence-electron chi connectivity index (χ0n) is 9.86. The smallest absolute Gasteiger partial charge is 0.0345 e. The predicted octanol–water partition coefficient (Wildman–Crippen LogP) is 5.40. The van der Waals surface area contributed by atoms with E-state index in [1.807, 2.05) is 11.3 Å². The van der Waals surface area contributed by atoms with Gasteiger partial charge in [-0.2, -0.15) is 0 Å². The van der Waals surface area contributed by atoms with Crippen molar-refractivity contribution < 1.29 is 0 Å². The predicted molar refractivity (Wildman–Crippen MR) is 80.2 cm³/mol. The minimum atomic E-state index is 0.756. The molecule has 2 heteroatoms. The monoisotopic (exact) mass is 308 g/mol. The van der Waals surface area contributed by atoms with Crippen molar-refractivity contribution in [2.75, 3.05) is 0 Å². The Bertz CT molecular complexity index is 502. The average molecular weight is 309 g/mol. The van der Waals surface area contributed by atoms with Gasteiger partial charge in [0, 0.05) is 9.53 Å². The van der Waals surface area contributed by atoms with Gasteiger partial charge < -0.3 is 0 Å². The fourth-order valence-corrected chi connectivity index (χ4v) is 4.74. The summed E-state index contributed by atoms with van der Waals surface area (Å²) in [5.74, 6) is 0.881. The van der Waals surface area contributed by atoms with E-state index < -0.39 is 0 Å². The molecule has 2 unspecified atom stereocenters. The van der Waals surface area contributed by atoms with Gasteiger partial charge in [-0.25, -0.2) is 0 Å². The molecule has 0 radical (unpaired) electrons. The lowest BCUT2D eigenvalue weighted by atomic mass is 9.85. The SMILES string of the molecule is BrC1CCCC(Cc2csc3ccccc23)C1. The molecule has 2 atom stereocenters. The molecule has 0 amide bonds. The summed E-state index contributed by atoms with van der Waals surface area (Å²) < 4.78 is 1.44. The van der Waals surface area contributed by atoms with Crippen LogP contribution in [0.1, 0.15) is 31.2 Å². The second kappa shape index (κ2) is 5.11. The van der Waals surface area contributed by atoms with E-state index in [0.717, 1.165) is 10.7 Å². The van der Waals surface area contributed by atoms with Crippen molar-refractivity contribution in [2.45, 2.75) is 36.9 Å². The van der Waals surface area contributed by atoms with Gasteiger partial charge >= 0.3 is 0 Å². The van der Waals surface area contributed by atoms with Crippen LogP contribution in [0.25, 0.3) is 10.1 Å². The van der Waals surface area contributed by atoms with Gasteiger partial charge in [0.15, 0.2) is 0 Å². The number of alkyl halides is 1. The van der Waals surface area contributed by atoms with E-state index in [0.29, 0.717) is 0 Å². The van der Waals surface area contributed by atoms with Crippen LogP contribution < -0.4 is 0 Å². The molecule has 90 valence electrons. The first kappa shape index (κ1) is 11.7. The summed E-state index contributed by atoms with van der Waals surface area (Å²) in [5, 5.41) is 3.84.